The third-order valence-electron chi connectivity index (χ3n) is 8.63. The van der Waals surface area contributed by atoms with Crippen LogP contribution in [-0.2, 0) is 11.2 Å². The molecule has 0 bridgehead atoms. The first-order valence-corrected chi connectivity index (χ1v) is 13.3. The number of hydrogen-bond donors (Lipinski definition) is 4. The maximum absolute atomic E-state index is 12.5. The fraction of sp³-hybridized carbons (Fsp3) is 0.519. The number of rotatable bonds is 5. The molecule has 2 fully saturated rings. The highest BCUT2D eigenvalue weighted by Crippen LogP contribution is 2.63. The van der Waals surface area contributed by atoms with Gasteiger partial charge in [-0.25, -0.2) is 4.98 Å². The number of allylic oxidation sites excluding steroid dienone is 1. The van der Waals surface area contributed by atoms with Crippen molar-refractivity contribution < 1.29 is 20.2 Å². The Balaban J connectivity index is 1.37. The molecule has 3 aliphatic carbocycles. The highest BCUT2D eigenvalue weighted by Gasteiger charge is 2.59. The standard InChI is InChI=1S/C27H33N3O4S/c1-15-13-28-26(35-15)29-23(33)5-3-4-20-22(14-31)25(30-34)27(2)11-10-19-18-9-7-17(32)12-16(18)6-8-21(19)24(20)27/h7,9,12-14,19-21,24,31-32,34H,3-6,8,10-11H2,1-2H3,(H,28,29,33)/b22-14+,30-25+/t19?,20-,21?,24?,27+/m1/s1. The topological polar surface area (TPSA) is 115 Å². The van der Waals surface area contributed by atoms with Gasteiger partial charge in [-0.05, 0) is 92.4 Å². The lowest BCUT2D eigenvalue weighted by Gasteiger charge is -2.50. The van der Waals surface area contributed by atoms with Gasteiger partial charge in [0.05, 0.1) is 12.0 Å². The van der Waals surface area contributed by atoms with Crippen LogP contribution in [-0.4, -0.2) is 32.0 Å². The number of benzene rings is 1. The quantitative estimate of drug-likeness (QED) is 0.233. The number of oxime groups is 1. The molecule has 1 aromatic carbocycles. The second kappa shape index (κ2) is 9.30. The summed E-state index contributed by atoms with van der Waals surface area (Å²) < 4.78 is 0. The van der Waals surface area contributed by atoms with Crippen LogP contribution < -0.4 is 5.32 Å². The number of carbonyl (C=O) groups is 1. The minimum Gasteiger partial charge on any atom is -0.515 e. The molecule has 0 radical (unpaired) electrons. The maximum Gasteiger partial charge on any atom is 0.226 e. The van der Waals surface area contributed by atoms with E-state index in [2.05, 4.69) is 28.4 Å². The van der Waals surface area contributed by atoms with Crippen LogP contribution in [0.3, 0.4) is 0 Å². The highest BCUT2D eigenvalue weighted by molar-refractivity contribution is 7.15. The number of fused-ring (bicyclic) bond motifs is 5. The van der Waals surface area contributed by atoms with Crippen LogP contribution >= 0.6 is 11.3 Å². The number of carbonyl (C=O) groups excluding carboxylic acids is 1. The number of nitrogens with one attached hydrogen (secondary N) is 1. The molecule has 35 heavy (non-hydrogen) atoms. The van der Waals surface area contributed by atoms with Crippen molar-refractivity contribution in [2.75, 3.05) is 5.32 Å². The van der Waals surface area contributed by atoms with Crippen LogP contribution in [0.5, 0.6) is 5.75 Å². The van der Waals surface area contributed by atoms with E-state index in [0.29, 0.717) is 46.8 Å². The van der Waals surface area contributed by atoms with Crippen molar-refractivity contribution in [1.29, 1.82) is 0 Å². The molecule has 3 unspecified atom stereocenters. The van der Waals surface area contributed by atoms with Crippen molar-refractivity contribution in [1.82, 2.24) is 4.98 Å². The first-order valence-electron chi connectivity index (χ1n) is 12.5. The third kappa shape index (κ3) is 4.11. The second-order valence-electron chi connectivity index (χ2n) is 10.5. The molecule has 5 rings (SSSR count). The van der Waals surface area contributed by atoms with Crippen LogP contribution in [0.2, 0.25) is 0 Å². The summed E-state index contributed by atoms with van der Waals surface area (Å²) >= 11 is 1.46. The fourth-order valence-electron chi connectivity index (χ4n) is 7.28. The van der Waals surface area contributed by atoms with Crippen molar-refractivity contribution >= 4 is 28.1 Å². The number of aromatic nitrogens is 1. The molecule has 1 aromatic heterocycles. The summed E-state index contributed by atoms with van der Waals surface area (Å²) in [5.41, 5.74) is 3.56. The van der Waals surface area contributed by atoms with Crippen molar-refractivity contribution in [3.63, 3.8) is 0 Å². The largest absolute Gasteiger partial charge is 0.515 e. The normalized spacial score (nSPS) is 31.7. The van der Waals surface area contributed by atoms with Gasteiger partial charge in [-0.15, -0.1) is 11.3 Å². The van der Waals surface area contributed by atoms with Crippen LogP contribution in [0.25, 0.3) is 0 Å². The summed E-state index contributed by atoms with van der Waals surface area (Å²) in [4.78, 5) is 17.8. The average Bonchev–Trinajstić information content (AvgIpc) is 3.35. The molecule has 186 valence electrons. The predicted octanol–water partition coefficient (Wildman–Crippen LogP) is 5.93. The van der Waals surface area contributed by atoms with Gasteiger partial charge in [0.25, 0.3) is 0 Å². The van der Waals surface area contributed by atoms with Crippen LogP contribution in [0, 0.1) is 30.1 Å². The van der Waals surface area contributed by atoms with E-state index in [1.807, 2.05) is 13.0 Å². The number of aliphatic hydroxyl groups excluding tert-OH is 1. The van der Waals surface area contributed by atoms with Gasteiger partial charge in [0, 0.05) is 28.5 Å². The van der Waals surface area contributed by atoms with Gasteiger partial charge in [-0.2, -0.15) is 0 Å². The molecule has 0 spiro atoms. The number of nitrogens with zero attached hydrogens (tertiary/aromatic N) is 2. The number of hydrogen-bond acceptors (Lipinski definition) is 7. The number of aromatic hydroxyl groups is 1. The van der Waals surface area contributed by atoms with Crippen LogP contribution in [0.1, 0.15) is 67.4 Å². The zero-order valence-corrected chi connectivity index (χ0v) is 21.0. The molecule has 0 aliphatic heterocycles. The monoisotopic (exact) mass is 495 g/mol. The molecule has 4 N–H and O–H groups in total. The summed E-state index contributed by atoms with van der Waals surface area (Å²) in [7, 11) is 0. The molecule has 1 heterocycles. The molecule has 3 aliphatic rings. The Morgan fingerprint density at radius 1 is 1.37 bits per heavy atom. The van der Waals surface area contributed by atoms with E-state index in [1.165, 1.54) is 22.5 Å². The van der Waals surface area contributed by atoms with Gasteiger partial charge >= 0.3 is 0 Å². The summed E-state index contributed by atoms with van der Waals surface area (Å²) in [5.74, 6) is 1.27. The maximum atomic E-state index is 12.5. The van der Waals surface area contributed by atoms with E-state index < -0.39 is 0 Å². The number of phenolic OH excluding ortho intramolecular Hbond substituents is 1. The number of aryl methyl sites for hydroxylation is 2. The number of thiazole rings is 1. The molecular weight excluding hydrogens is 462 g/mol. The molecular formula is C27H33N3O4S. The van der Waals surface area contributed by atoms with E-state index >= 15 is 0 Å². The Morgan fingerprint density at radius 2 is 2.20 bits per heavy atom. The summed E-state index contributed by atoms with van der Waals surface area (Å²) in [6, 6.07) is 5.75. The van der Waals surface area contributed by atoms with E-state index in [4.69, 9.17) is 0 Å². The second-order valence-corrected chi connectivity index (χ2v) is 11.8. The van der Waals surface area contributed by atoms with Crippen molar-refractivity contribution in [3.05, 3.63) is 52.2 Å². The van der Waals surface area contributed by atoms with Gasteiger partial charge in [0.15, 0.2) is 5.13 Å². The first kappa shape index (κ1) is 23.9. The fourth-order valence-corrected chi connectivity index (χ4v) is 7.96. The van der Waals surface area contributed by atoms with E-state index in [9.17, 15) is 20.2 Å². The Hall–Kier alpha value is -2.87. The Bertz CT molecular complexity index is 1190. The lowest BCUT2D eigenvalue weighted by atomic mass is 9.54. The van der Waals surface area contributed by atoms with Gasteiger partial charge in [0.1, 0.15) is 5.75 Å². The van der Waals surface area contributed by atoms with E-state index in [0.717, 1.165) is 43.2 Å². The molecule has 2 aromatic rings. The molecule has 0 saturated heterocycles. The van der Waals surface area contributed by atoms with Gasteiger partial charge in [0.2, 0.25) is 5.91 Å². The number of aliphatic hydroxyl groups is 1. The van der Waals surface area contributed by atoms with Gasteiger partial charge in [-0.3, -0.25) is 4.79 Å². The van der Waals surface area contributed by atoms with Crippen LogP contribution in [0.4, 0.5) is 5.13 Å². The van der Waals surface area contributed by atoms with Gasteiger partial charge < -0.3 is 20.7 Å². The van der Waals surface area contributed by atoms with E-state index in [-0.39, 0.29) is 23.2 Å². The van der Waals surface area contributed by atoms with Gasteiger partial charge in [-0.1, -0.05) is 18.1 Å². The Morgan fingerprint density at radius 3 is 2.91 bits per heavy atom. The van der Waals surface area contributed by atoms with Crippen molar-refractivity contribution in [2.24, 2.45) is 28.3 Å². The highest BCUT2D eigenvalue weighted by atomic mass is 32.1. The summed E-state index contributed by atoms with van der Waals surface area (Å²) in [6.07, 6.45) is 8.42. The number of anilines is 1. The van der Waals surface area contributed by atoms with Crippen molar-refractivity contribution in [3.8, 4) is 5.75 Å². The molecule has 2 saturated carbocycles. The van der Waals surface area contributed by atoms with E-state index in [1.54, 1.807) is 12.3 Å². The molecule has 1 amide bonds. The summed E-state index contributed by atoms with van der Waals surface area (Å²) in [5, 5.41) is 37.4. The lowest BCUT2D eigenvalue weighted by Crippen LogP contribution is -2.44. The number of amides is 1. The lowest BCUT2D eigenvalue weighted by molar-refractivity contribution is -0.116. The summed E-state index contributed by atoms with van der Waals surface area (Å²) in [6.45, 7) is 4.13. The van der Waals surface area contributed by atoms with Crippen molar-refractivity contribution in [2.45, 2.75) is 64.7 Å². The third-order valence-corrected chi connectivity index (χ3v) is 9.46. The average molecular weight is 496 g/mol. The number of phenols is 1. The zero-order chi connectivity index (χ0) is 24.7. The molecule has 8 heteroatoms. The SMILES string of the molecule is Cc1cnc(NC(=O)CCC[C@@H]2C(=C\O)/C(=N\O)[C@@]3(C)CCC4c5ccc(O)cc5CCC4C23)s1. The minimum absolute atomic E-state index is 0.0253. The molecule has 7 nitrogen and oxygen atoms in total. The van der Waals surface area contributed by atoms with Crippen LogP contribution in [0.15, 0.2) is 41.4 Å². The minimum atomic E-state index is -0.315. The first-order chi connectivity index (χ1) is 16.9. The Labute approximate surface area is 209 Å². The smallest absolute Gasteiger partial charge is 0.226 e. The Kier molecular flexibility index (Phi) is 6.34. The predicted molar refractivity (Wildman–Crippen MR) is 136 cm³/mol. The zero-order valence-electron chi connectivity index (χ0n) is 20.2. The molecule has 5 atom stereocenters.